The van der Waals surface area contributed by atoms with Crippen molar-refractivity contribution in [3.8, 4) is 0 Å². The second kappa shape index (κ2) is 6.07. The van der Waals surface area contributed by atoms with Gasteiger partial charge in [0.25, 0.3) is 0 Å². The average Bonchev–Trinajstić information content (AvgIpc) is 2.42. The average molecular weight is 371 g/mol. The number of hydrogen-bond donors (Lipinski definition) is 0. The Hall–Kier alpha value is -1.53. The Kier molecular flexibility index (Phi) is 4.58. The van der Waals surface area contributed by atoms with Crippen molar-refractivity contribution in [3.05, 3.63) is 63.9 Å². The summed E-state index contributed by atoms with van der Waals surface area (Å²) in [7, 11) is -3.29. The lowest BCUT2D eigenvalue weighted by Crippen LogP contribution is -2.06. The van der Waals surface area contributed by atoms with Crippen LogP contribution in [0.1, 0.15) is 15.9 Å². The third-order valence-corrected chi connectivity index (χ3v) is 4.58. The predicted molar refractivity (Wildman–Crippen MR) is 81.7 cm³/mol. The largest absolute Gasteiger partial charge is 0.294 e. The van der Waals surface area contributed by atoms with Crippen LogP contribution in [0.25, 0.3) is 0 Å². The van der Waals surface area contributed by atoms with Gasteiger partial charge in [0.05, 0.1) is 4.90 Å². The summed E-state index contributed by atoms with van der Waals surface area (Å²) in [5.74, 6) is -0.716. The highest BCUT2D eigenvalue weighted by molar-refractivity contribution is 9.10. The Bertz CT molecular complexity index is 783. The molecular weight excluding hydrogens is 359 g/mol. The molecule has 0 bridgehead atoms. The molecule has 2 rings (SSSR count). The summed E-state index contributed by atoms with van der Waals surface area (Å²) in [4.78, 5) is 12.3. The number of carbonyl (C=O) groups is 1. The summed E-state index contributed by atoms with van der Waals surface area (Å²) in [5, 5.41) is 0. The Labute approximate surface area is 130 Å². The van der Waals surface area contributed by atoms with Gasteiger partial charge in [0.15, 0.2) is 15.6 Å². The van der Waals surface area contributed by atoms with Crippen molar-refractivity contribution in [1.29, 1.82) is 0 Å². The van der Waals surface area contributed by atoms with E-state index >= 15 is 0 Å². The van der Waals surface area contributed by atoms with Crippen molar-refractivity contribution >= 4 is 31.6 Å². The minimum Gasteiger partial charge on any atom is -0.294 e. The van der Waals surface area contributed by atoms with Gasteiger partial charge >= 0.3 is 0 Å². The normalized spacial score (nSPS) is 11.4. The zero-order valence-electron chi connectivity index (χ0n) is 11.1. The third-order valence-electron chi connectivity index (χ3n) is 2.96. The van der Waals surface area contributed by atoms with Gasteiger partial charge in [-0.15, -0.1) is 0 Å². The first-order chi connectivity index (χ1) is 9.77. The summed E-state index contributed by atoms with van der Waals surface area (Å²) >= 11 is 3.23. The molecule has 6 heteroatoms. The van der Waals surface area contributed by atoms with E-state index in [9.17, 15) is 17.6 Å². The van der Waals surface area contributed by atoms with Gasteiger partial charge in [0.2, 0.25) is 0 Å². The van der Waals surface area contributed by atoms with E-state index in [2.05, 4.69) is 15.9 Å². The van der Waals surface area contributed by atoms with E-state index < -0.39 is 15.7 Å². The van der Waals surface area contributed by atoms with Gasteiger partial charge in [0.1, 0.15) is 5.82 Å². The number of sulfone groups is 1. The molecule has 0 aliphatic rings. The van der Waals surface area contributed by atoms with E-state index in [0.717, 1.165) is 6.26 Å². The molecule has 110 valence electrons. The zero-order chi connectivity index (χ0) is 15.6. The topological polar surface area (TPSA) is 51.2 Å². The molecule has 0 heterocycles. The van der Waals surface area contributed by atoms with Crippen LogP contribution >= 0.6 is 15.9 Å². The molecule has 0 aliphatic heterocycles. The molecule has 3 nitrogen and oxygen atoms in total. The molecule has 0 spiro atoms. The first-order valence-electron chi connectivity index (χ1n) is 6.04. The van der Waals surface area contributed by atoms with Gasteiger partial charge in [-0.25, -0.2) is 12.8 Å². The number of carbonyl (C=O) groups excluding carboxylic acids is 1. The highest BCUT2D eigenvalue weighted by atomic mass is 79.9. The van der Waals surface area contributed by atoms with E-state index in [4.69, 9.17) is 0 Å². The van der Waals surface area contributed by atoms with Crippen LogP contribution < -0.4 is 0 Å². The van der Waals surface area contributed by atoms with Gasteiger partial charge in [0, 0.05) is 22.7 Å². The lowest BCUT2D eigenvalue weighted by atomic mass is 10.0. The van der Waals surface area contributed by atoms with Crippen LogP contribution in [0.3, 0.4) is 0 Å². The van der Waals surface area contributed by atoms with Crippen molar-refractivity contribution in [2.75, 3.05) is 6.26 Å². The van der Waals surface area contributed by atoms with E-state index in [-0.39, 0.29) is 17.1 Å². The number of rotatable bonds is 4. The van der Waals surface area contributed by atoms with Crippen molar-refractivity contribution in [2.45, 2.75) is 11.3 Å². The summed E-state index contributed by atoms with van der Waals surface area (Å²) < 4.78 is 37.0. The fourth-order valence-electron chi connectivity index (χ4n) is 1.84. The number of hydrogen-bond acceptors (Lipinski definition) is 3. The maximum absolute atomic E-state index is 13.6. The third kappa shape index (κ3) is 3.98. The highest BCUT2D eigenvalue weighted by Crippen LogP contribution is 2.18. The minimum atomic E-state index is -3.29. The lowest BCUT2D eigenvalue weighted by Gasteiger charge is -2.05. The van der Waals surface area contributed by atoms with Crippen molar-refractivity contribution in [2.24, 2.45) is 0 Å². The van der Waals surface area contributed by atoms with Gasteiger partial charge in [-0.1, -0.05) is 28.1 Å². The van der Waals surface area contributed by atoms with Crippen molar-refractivity contribution in [3.63, 3.8) is 0 Å². The monoisotopic (exact) mass is 370 g/mol. The van der Waals surface area contributed by atoms with Crippen LogP contribution in [0.15, 0.2) is 51.8 Å². The quantitative estimate of drug-likeness (QED) is 0.774. The summed E-state index contributed by atoms with van der Waals surface area (Å²) in [6.45, 7) is 0. The Morgan fingerprint density at radius 2 is 1.76 bits per heavy atom. The first kappa shape index (κ1) is 15.9. The smallest absolute Gasteiger partial charge is 0.175 e. The molecular formula is C15H12BrFO3S. The van der Waals surface area contributed by atoms with Crippen LogP contribution in [0.5, 0.6) is 0 Å². The predicted octanol–water partition coefficient (Wildman–Crippen LogP) is 3.42. The van der Waals surface area contributed by atoms with E-state index in [1.165, 1.54) is 30.3 Å². The molecule has 2 aromatic rings. The van der Waals surface area contributed by atoms with Crippen molar-refractivity contribution < 1.29 is 17.6 Å². The second-order valence-corrected chi connectivity index (χ2v) is 7.56. The van der Waals surface area contributed by atoms with Crippen molar-refractivity contribution in [1.82, 2.24) is 0 Å². The number of benzene rings is 2. The van der Waals surface area contributed by atoms with Gasteiger partial charge in [-0.05, 0) is 35.9 Å². The maximum Gasteiger partial charge on any atom is 0.175 e. The SMILES string of the molecule is CS(=O)(=O)c1ccc(C(=O)Cc2cc(Br)ccc2F)cc1. The van der Waals surface area contributed by atoms with E-state index in [1.54, 1.807) is 12.1 Å². The molecule has 0 atom stereocenters. The zero-order valence-corrected chi connectivity index (χ0v) is 13.5. The standard InChI is InChI=1S/C15H12BrFO3S/c1-21(19,20)13-5-2-10(3-6-13)15(18)9-11-8-12(16)4-7-14(11)17/h2-8H,9H2,1H3. The van der Waals surface area contributed by atoms with Crippen LogP contribution in [0.2, 0.25) is 0 Å². The molecule has 21 heavy (non-hydrogen) atoms. The fourth-order valence-corrected chi connectivity index (χ4v) is 2.88. The number of ketones is 1. The van der Waals surface area contributed by atoms with Gasteiger partial charge in [-0.2, -0.15) is 0 Å². The Balaban J connectivity index is 2.23. The second-order valence-electron chi connectivity index (χ2n) is 4.63. The molecule has 0 fully saturated rings. The molecule has 0 saturated heterocycles. The van der Waals surface area contributed by atoms with Crippen LogP contribution in [-0.2, 0) is 16.3 Å². The van der Waals surface area contributed by atoms with Crippen LogP contribution in [0, 0.1) is 5.82 Å². The first-order valence-corrected chi connectivity index (χ1v) is 8.73. The Morgan fingerprint density at radius 3 is 2.33 bits per heavy atom. The minimum absolute atomic E-state index is 0.0799. The fraction of sp³-hybridized carbons (Fsp3) is 0.133. The highest BCUT2D eigenvalue weighted by Gasteiger charge is 2.13. The van der Waals surface area contributed by atoms with Crippen LogP contribution in [0.4, 0.5) is 4.39 Å². The van der Waals surface area contributed by atoms with E-state index in [1.807, 2.05) is 0 Å². The molecule has 0 aromatic heterocycles. The molecule has 0 aliphatic carbocycles. The number of halogens is 2. The molecule has 0 saturated carbocycles. The van der Waals surface area contributed by atoms with Gasteiger partial charge in [-0.3, -0.25) is 4.79 Å². The lowest BCUT2D eigenvalue weighted by molar-refractivity contribution is 0.0991. The molecule has 0 amide bonds. The maximum atomic E-state index is 13.6. The molecule has 2 aromatic carbocycles. The van der Waals surface area contributed by atoms with E-state index in [0.29, 0.717) is 15.6 Å². The summed E-state index contributed by atoms with van der Waals surface area (Å²) in [6.07, 6.45) is 1.02. The molecule has 0 N–H and O–H groups in total. The molecule has 0 radical (unpaired) electrons. The number of Topliss-reactive ketones (excluding diaryl/α,β-unsaturated/α-hetero) is 1. The summed E-state index contributed by atoms with van der Waals surface area (Å²) in [5.41, 5.74) is 0.642. The van der Waals surface area contributed by atoms with Crippen LogP contribution in [-0.4, -0.2) is 20.5 Å². The molecule has 0 unspecified atom stereocenters. The summed E-state index contributed by atoms with van der Waals surface area (Å²) in [6, 6.07) is 10.0. The Morgan fingerprint density at radius 1 is 1.14 bits per heavy atom. The van der Waals surface area contributed by atoms with Gasteiger partial charge < -0.3 is 0 Å².